The van der Waals surface area contributed by atoms with Gasteiger partial charge in [-0.2, -0.15) is 0 Å². The zero-order valence-electron chi connectivity index (χ0n) is 13.2. The zero-order chi connectivity index (χ0) is 15.4. The number of hydrogen-bond donors (Lipinski definition) is 1. The summed E-state index contributed by atoms with van der Waals surface area (Å²) in [4.78, 5) is 1.93. The number of benzene rings is 2. The van der Waals surface area contributed by atoms with Crippen molar-refractivity contribution in [1.29, 1.82) is 0 Å². The first-order valence-corrected chi connectivity index (χ1v) is 7.31. The predicted octanol–water partition coefficient (Wildman–Crippen LogP) is 4.40. The second-order valence-corrected chi connectivity index (χ2v) is 5.63. The summed E-state index contributed by atoms with van der Waals surface area (Å²) in [6.07, 6.45) is 0. The van der Waals surface area contributed by atoms with Gasteiger partial charge in [0.05, 0.1) is 5.69 Å². The first-order valence-electron chi connectivity index (χ1n) is 7.31. The Hall–Kier alpha value is -1.87. The number of para-hydroxylation sites is 2. The standard InChI is InChI=1S/C18H23FN2/c1-13(2)20-12-15-9-7-10-16(19)18(15)21(4)17-11-6-5-8-14(17)3/h5-11,13,20H,12H2,1-4H3. The molecule has 0 aromatic heterocycles. The number of nitrogens with one attached hydrogen (secondary N) is 1. The third kappa shape index (κ3) is 3.61. The molecule has 0 spiro atoms. The average Bonchev–Trinajstić information content (AvgIpc) is 2.45. The van der Waals surface area contributed by atoms with Crippen LogP contribution < -0.4 is 10.2 Å². The fraction of sp³-hybridized carbons (Fsp3) is 0.333. The van der Waals surface area contributed by atoms with Crippen LogP contribution in [-0.2, 0) is 6.54 Å². The van der Waals surface area contributed by atoms with Gasteiger partial charge >= 0.3 is 0 Å². The minimum absolute atomic E-state index is 0.191. The van der Waals surface area contributed by atoms with Crippen molar-refractivity contribution in [3.05, 3.63) is 59.4 Å². The Morgan fingerprint density at radius 1 is 1.10 bits per heavy atom. The van der Waals surface area contributed by atoms with Crippen LogP contribution in [-0.4, -0.2) is 13.1 Å². The largest absolute Gasteiger partial charge is 0.342 e. The fourth-order valence-corrected chi connectivity index (χ4v) is 2.45. The van der Waals surface area contributed by atoms with Crippen LogP contribution in [0, 0.1) is 12.7 Å². The quantitative estimate of drug-likeness (QED) is 0.876. The van der Waals surface area contributed by atoms with E-state index in [2.05, 4.69) is 19.2 Å². The number of rotatable bonds is 5. The van der Waals surface area contributed by atoms with Crippen LogP contribution in [0.25, 0.3) is 0 Å². The highest BCUT2D eigenvalue weighted by Crippen LogP contribution is 2.31. The molecule has 2 rings (SSSR count). The van der Waals surface area contributed by atoms with E-state index in [1.165, 1.54) is 6.07 Å². The lowest BCUT2D eigenvalue weighted by atomic mass is 10.1. The average molecular weight is 286 g/mol. The molecule has 0 amide bonds. The van der Waals surface area contributed by atoms with Gasteiger partial charge in [-0.05, 0) is 30.2 Å². The van der Waals surface area contributed by atoms with Gasteiger partial charge in [0.2, 0.25) is 0 Å². The molecule has 0 unspecified atom stereocenters. The molecular formula is C18H23FN2. The molecule has 2 nitrogen and oxygen atoms in total. The molecule has 0 bridgehead atoms. The summed E-state index contributed by atoms with van der Waals surface area (Å²) in [6.45, 7) is 6.87. The number of halogens is 1. The van der Waals surface area contributed by atoms with Crippen molar-refractivity contribution in [2.24, 2.45) is 0 Å². The van der Waals surface area contributed by atoms with Crippen molar-refractivity contribution >= 4 is 11.4 Å². The van der Waals surface area contributed by atoms with E-state index in [4.69, 9.17) is 0 Å². The van der Waals surface area contributed by atoms with Crippen molar-refractivity contribution < 1.29 is 4.39 Å². The van der Waals surface area contributed by atoms with Crippen LogP contribution >= 0.6 is 0 Å². The summed E-state index contributed by atoms with van der Waals surface area (Å²) in [6, 6.07) is 13.7. The van der Waals surface area contributed by atoms with Gasteiger partial charge in [-0.15, -0.1) is 0 Å². The summed E-state index contributed by atoms with van der Waals surface area (Å²) in [7, 11) is 1.92. The van der Waals surface area contributed by atoms with Crippen LogP contribution in [0.4, 0.5) is 15.8 Å². The van der Waals surface area contributed by atoms with Crippen LogP contribution in [0.3, 0.4) is 0 Å². The van der Waals surface area contributed by atoms with Gasteiger partial charge in [0.15, 0.2) is 0 Å². The molecule has 0 aliphatic carbocycles. The first kappa shape index (κ1) is 15.5. The lowest BCUT2D eigenvalue weighted by Gasteiger charge is -2.25. The molecule has 0 heterocycles. The Morgan fingerprint density at radius 3 is 2.48 bits per heavy atom. The van der Waals surface area contributed by atoms with Crippen molar-refractivity contribution in [2.75, 3.05) is 11.9 Å². The molecular weight excluding hydrogens is 263 g/mol. The highest BCUT2D eigenvalue weighted by Gasteiger charge is 2.15. The molecule has 0 aliphatic rings. The van der Waals surface area contributed by atoms with Gasteiger partial charge in [-0.1, -0.05) is 44.2 Å². The topological polar surface area (TPSA) is 15.3 Å². The second kappa shape index (κ2) is 6.72. The van der Waals surface area contributed by atoms with Crippen molar-refractivity contribution in [1.82, 2.24) is 5.32 Å². The van der Waals surface area contributed by atoms with Crippen molar-refractivity contribution in [3.8, 4) is 0 Å². The summed E-state index contributed by atoms with van der Waals surface area (Å²) >= 11 is 0. The monoisotopic (exact) mass is 286 g/mol. The molecule has 0 atom stereocenters. The number of nitrogens with zero attached hydrogens (tertiary/aromatic N) is 1. The van der Waals surface area contributed by atoms with Gasteiger partial charge in [0, 0.05) is 25.3 Å². The predicted molar refractivity (Wildman–Crippen MR) is 87.6 cm³/mol. The highest BCUT2D eigenvalue weighted by atomic mass is 19.1. The smallest absolute Gasteiger partial charge is 0.147 e. The number of aryl methyl sites for hydroxylation is 1. The summed E-state index contributed by atoms with van der Waals surface area (Å²) in [5, 5.41) is 3.36. The van der Waals surface area contributed by atoms with Gasteiger partial charge in [0.25, 0.3) is 0 Å². The van der Waals surface area contributed by atoms with Crippen LogP contribution in [0.5, 0.6) is 0 Å². The van der Waals surface area contributed by atoms with E-state index >= 15 is 0 Å². The lowest BCUT2D eigenvalue weighted by molar-refractivity contribution is 0.581. The molecule has 0 saturated carbocycles. The molecule has 3 heteroatoms. The second-order valence-electron chi connectivity index (χ2n) is 5.63. The Kier molecular flexibility index (Phi) is 4.97. The third-order valence-electron chi connectivity index (χ3n) is 3.58. The molecule has 2 aromatic rings. The maximum Gasteiger partial charge on any atom is 0.147 e. The normalized spacial score (nSPS) is 11.0. The molecule has 2 aromatic carbocycles. The molecule has 0 radical (unpaired) electrons. The van der Waals surface area contributed by atoms with E-state index in [-0.39, 0.29) is 5.82 Å². The minimum Gasteiger partial charge on any atom is -0.342 e. The maximum atomic E-state index is 14.4. The maximum absolute atomic E-state index is 14.4. The SMILES string of the molecule is Cc1ccccc1N(C)c1c(F)cccc1CNC(C)C. The Labute approximate surface area is 126 Å². The Balaban J connectivity index is 2.40. The Bertz CT molecular complexity index is 608. The van der Waals surface area contributed by atoms with Crippen LogP contribution in [0.1, 0.15) is 25.0 Å². The van der Waals surface area contributed by atoms with Gasteiger partial charge < -0.3 is 10.2 Å². The molecule has 0 saturated heterocycles. The van der Waals surface area contributed by atoms with E-state index in [0.29, 0.717) is 18.3 Å². The third-order valence-corrected chi connectivity index (χ3v) is 3.58. The fourth-order valence-electron chi connectivity index (χ4n) is 2.45. The van der Waals surface area contributed by atoms with Gasteiger partial charge in [-0.25, -0.2) is 4.39 Å². The highest BCUT2D eigenvalue weighted by molar-refractivity contribution is 5.68. The van der Waals surface area contributed by atoms with Gasteiger partial charge in [-0.3, -0.25) is 0 Å². The first-order chi connectivity index (χ1) is 10.0. The molecule has 112 valence electrons. The minimum atomic E-state index is -0.191. The zero-order valence-corrected chi connectivity index (χ0v) is 13.2. The molecule has 1 N–H and O–H groups in total. The van der Waals surface area contributed by atoms with Crippen LogP contribution in [0.15, 0.2) is 42.5 Å². The molecule has 0 fully saturated rings. The summed E-state index contributed by atoms with van der Waals surface area (Å²) in [5.74, 6) is -0.191. The van der Waals surface area contributed by atoms with E-state index in [1.807, 2.05) is 49.2 Å². The number of anilines is 2. The van der Waals surface area contributed by atoms with Crippen LogP contribution in [0.2, 0.25) is 0 Å². The molecule has 0 aliphatic heterocycles. The Morgan fingerprint density at radius 2 is 1.81 bits per heavy atom. The van der Waals surface area contributed by atoms with Gasteiger partial charge in [0.1, 0.15) is 5.82 Å². The van der Waals surface area contributed by atoms with E-state index < -0.39 is 0 Å². The van der Waals surface area contributed by atoms with E-state index in [1.54, 1.807) is 6.07 Å². The van der Waals surface area contributed by atoms with Crippen molar-refractivity contribution in [2.45, 2.75) is 33.4 Å². The summed E-state index contributed by atoms with van der Waals surface area (Å²) < 4.78 is 14.4. The van der Waals surface area contributed by atoms with E-state index in [0.717, 1.165) is 16.8 Å². The lowest BCUT2D eigenvalue weighted by Crippen LogP contribution is -2.24. The number of hydrogen-bond acceptors (Lipinski definition) is 2. The molecule has 21 heavy (non-hydrogen) atoms. The van der Waals surface area contributed by atoms with Crippen molar-refractivity contribution in [3.63, 3.8) is 0 Å². The van der Waals surface area contributed by atoms with E-state index in [9.17, 15) is 4.39 Å². The summed E-state index contributed by atoms with van der Waals surface area (Å²) in [5.41, 5.74) is 3.76.